The van der Waals surface area contributed by atoms with Gasteiger partial charge in [-0.2, -0.15) is 5.10 Å². The van der Waals surface area contributed by atoms with Crippen LogP contribution in [0.4, 0.5) is 13.6 Å². The Hall–Kier alpha value is -1.70. The minimum Gasteiger partial charge on any atom is -0.444 e. The molecule has 0 atom stereocenters. The Morgan fingerprint density at radius 2 is 2.18 bits per heavy atom. The van der Waals surface area contributed by atoms with E-state index in [9.17, 15) is 13.6 Å². The fraction of sp³-hybridized carbons (Fsp3) is 0.714. The van der Waals surface area contributed by atoms with E-state index >= 15 is 0 Å². The van der Waals surface area contributed by atoms with Crippen molar-refractivity contribution in [2.24, 2.45) is 0 Å². The first-order chi connectivity index (χ1) is 10.1. The van der Waals surface area contributed by atoms with Gasteiger partial charge in [0.2, 0.25) is 0 Å². The first kappa shape index (κ1) is 16.7. The second-order valence-corrected chi connectivity index (χ2v) is 6.87. The Bertz CT molecular complexity index is 533. The number of nitrogens with zero attached hydrogens (tertiary/aromatic N) is 2. The molecule has 2 rings (SSSR count). The number of carbonyl (C=O) groups excluding carboxylic acids is 1. The van der Waals surface area contributed by atoms with E-state index in [1.165, 1.54) is 6.07 Å². The van der Waals surface area contributed by atoms with Crippen LogP contribution in [0.3, 0.4) is 0 Å². The van der Waals surface area contributed by atoms with Crippen LogP contribution < -0.4 is 5.32 Å². The molecule has 0 bridgehead atoms. The van der Waals surface area contributed by atoms with Gasteiger partial charge in [0.05, 0.1) is 5.54 Å². The summed E-state index contributed by atoms with van der Waals surface area (Å²) in [6.45, 7) is 8.84. The molecule has 8 heteroatoms. The molecule has 1 aromatic rings. The molecule has 0 spiro atoms. The second kappa shape index (κ2) is 5.83. The number of aromatic amines is 1. The standard InChI is InChI=1S/C14H22F2N4O2/c1-13(2,3)22-12(21)20-7-14(4,8-20)17-6-9-5-10(11(15)16)19-18-9/h5,11,17H,6-8H2,1-4H3,(H,18,19). The van der Waals surface area contributed by atoms with Crippen molar-refractivity contribution in [3.8, 4) is 0 Å². The first-order valence-electron chi connectivity index (χ1n) is 7.13. The van der Waals surface area contributed by atoms with Gasteiger partial charge in [-0.25, -0.2) is 13.6 Å². The van der Waals surface area contributed by atoms with E-state index in [4.69, 9.17) is 4.74 Å². The highest BCUT2D eigenvalue weighted by Gasteiger charge is 2.42. The number of aromatic nitrogens is 2. The zero-order valence-electron chi connectivity index (χ0n) is 13.2. The highest BCUT2D eigenvalue weighted by molar-refractivity contribution is 5.69. The molecule has 1 amide bonds. The van der Waals surface area contributed by atoms with Crippen LogP contribution >= 0.6 is 0 Å². The molecule has 0 aliphatic carbocycles. The summed E-state index contributed by atoms with van der Waals surface area (Å²) in [6, 6.07) is 1.34. The molecule has 6 nitrogen and oxygen atoms in total. The summed E-state index contributed by atoms with van der Waals surface area (Å²) >= 11 is 0. The van der Waals surface area contributed by atoms with Crippen molar-refractivity contribution in [3.05, 3.63) is 17.5 Å². The molecule has 0 radical (unpaired) electrons. The number of rotatable bonds is 4. The van der Waals surface area contributed by atoms with E-state index in [1.807, 2.05) is 27.7 Å². The second-order valence-electron chi connectivity index (χ2n) is 6.87. The van der Waals surface area contributed by atoms with Crippen molar-refractivity contribution in [1.29, 1.82) is 0 Å². The van der Waals surface area contributed by atoms with E-state index in [2.05, 4.69) is 15.5 Å². The number of alkyl halides is 2. The van der Waals surface area contributed by atoms with Crippen molar-refractivity contribution < 1.29 is 18.3 Å². The minimum absolute atomic E-state index is 0.257. The average molecular weight is 316 g/mol. The van der Waals surface area contributed by atoms with Crippen LogP contribution in [0.25, 0.3) is 0 Å². The normalized spacial score (nSPS) is 17.5. The largest absolute Gasteiger partial charge is 0.444 e. The Balaban J connectivity index is 1.79. The predicted octanol–water partition coefficient (Wildman–Crippen LogP) is 2.45. The molecular weight excluding hydrogens is 294 g/mol. The lowest BCUT2D eigenvalue weighted by Crippen LogP contribution is -2.68. The van der Waals surface area contributed by atoms with Gasteiger partial charge in [-0.15, -0.1) is 0 Å². The van der Waals surface area contributed by atoms with Crippen LogP contribution in [0, 0.1) is 0 Å². The van der Waals surface area contributed by atoms with Crippen LogP contribution in [0.2, 0.25) is 0 Å². The fourth-order valence-corrected chi connectivity index (χ4v) is 2.25. The SMILES string of the molecule is CC1(NCc2cc(C(F)F)n[nH]2)CN(C(=O)OC(C)(C)C)C1. The number of hydrogen-bond acceptors (Lipinski definition) is 4. The van der Waals surface area contributed by atoms with E-state index in [0.717, 1.165) is 0 Å². The van der Waals surface area contributed by atoms with Crippen LogP contribution in [0.1, 0.15) is 45.5 Å². The highest BCUT2D eigenvalue weighted by atomic mass is 19.3. The maximum Gasteiger partial charge on any atom is 0.410 e. The molecule has 0 saturated carbocycles. The quantitative estimate of drug-likeness (QED) is 0.895. The molecule has 1 saturated heterocycles. The van der Waals surface area contributed by atoms with Gasteiger partial charge < -0.3 is 15.0 Å². The number of nitrogens with one attached hydrogen (secondary N) is 2. The van der Waals surface area contributed by atoms with Gasteiger partial charge in [-0.3, -0.25) is 5.10 Å². The zero-order valence-corrected chi connectivity index (χ0v) is 13.2. The zero-order chi connectivity index (χ0) is 16.5. The smallest absolute Gasteiger partial charge is 0.410 e. The van der Waals surface area contributed by atoms with Crippen molar-refractivity contribution in [2.45, 2.75) is 51.8 Å². The lowest BCUT2D eigenvalue weighted by atomic mass is 9.92. The number of amides is 1. The summed E-state index contributed by atoms with van der Waals surface area (Å²) in [7, 11) is 0. The summed E-state index contributed by atoms with van der Waals surface area (Å²) in [5.41, 5.74) is -0.441. The summed E-state index contributed by atoms with van der Waals surface area (Å²) in [5.74, 6) is 0. The molecule has 22 heavy (non-hydrogen) atoms. The molecule has 2 N–H and O–H groups in total. The Morgan fingerprint density at radius 3 is 2.68 bits per heavy atom. The molecule has 1 aromatic heterocycles. The van der Waals surface area contributed by atoms with E-state index in [-0.39, 0.29) is 17.3 Å². The van der Waals surface area contributed by atoms with Crippen molar-refractivity contribution in [2.75, 3.05) is 13.1 Å². The van der Waals surface area contributed by atoms with Crippen molar-refractivity contribution in [3.63, 3.8) is 0 Å². The number of halogens is 2. The number of hydrogen-bond donors (Lipinski definition) is 2. The molecule has 1 aliphatic heterocycles. The first-order valence-corrected chi connectivity index (χ1v) is 7.13. The number of H-pyrrole nitrogens is 1. The number of ether oxygens (including phenoxy) is 1. The molecule has 0 aromatic carbocycles. The van der Waals surface area contributed by atoms with Crippen LogP contribution in [-0.4, -0.2) is 45.4 Å². The summed E-state index contributed by atoms with van der Waals surface area (Å²) in [4.78, 5) is 13.5. The molecule has 0 unspecified atom stereocenters. The van der Waals surface area contributed by atoms with Gasteiger partial charge in [-0.1, -0.05) is 0 Å². The topological polar surface area (TPSA) is 70.2 Å². The molecule has 1 aliphatic rings. The maximum atomic E-state index is 12.4. The Morgan fingerprint density at radius 1 is 1.55 bits per heavy atom. The van der Waals surface area contributed by atoms with E-state index < -0.39 is 12.0 Å². The maximum absolute atomic E-state index is 12.4. The van der Waals surface area contributed by atoms with Gasteiger partial charge >= 0.3 is 6.09 Å². The molecular formula is C14H22F2N4O2. The summed E-state index contributed by atoms with van der Waals surface area (Å²) < 4.78 is 30.2. The van der Waals surface area contributed by atoms with Crippen molar-refractivity contribution in [1.82, 2.24) is 20.4 Å². The minimum atomic E-state index is -2.58. The predicted molar refractivity (Wildman–Crippen MR) is 76.6 cm³/mol. The van der Waals surface area contributed by atoms with E-state index in [0.29, 0.717) is 25.3 Å². The van der Waals surface area contributed by atoms with E-state index in [1.54, 1.807) is 4.90 Å². The average Bonchev–Trinajstić information content (AvgIpc) is 2.79. The van der Waals surface area contributed by atoms with Crippen LogP contribution in [-0.2, 0) is 11.3 Å². The molecule has 124 valence electrons. The third kappa shape index (κ3) is 4.16. The summed E-state index contributed by atoms with van der Waals surface area (Å²) in [6.07, 6.45) is -2.92. The highest BCUT2D eigenvalue weighted by Crippen LogP contribution is 2.24. The lowest BCUT2D eigenvalue weighted by molar-refractivity contribution is -0.0127. The number of carbonyl (C=O) groups is 1. The monoisotopic (exact) mass is 316 g/mol. The molecule has 2 heterocycles. The third-order valence-corrected chi connectivity index (χ3v) is 3.31. The lowest BCUT2D eigenvalue weighted by Gasteiger charge is -2.48. The van der Waals surface area contributed by atoms with Crippen LogP contribution in [0.5, 0.6) is 0 Å². The Kier molecular flexibility index (Phi) is 4.42. The van der Waals surface area contributed by atoms with Gasteiger partial charge in [-0.05, 0) is 33.8 Å². The Labute approximate surface area is 128 Å². The van der Waals surface area contributed by atoms with Gasteiger partial charge in [0.25, 0.3) is 6.43 Å². The fourth-order valence-electron chi connectivity index (χ4n) is 2.25. The summed E-state index contributed by atoms with van der Waals surface area (Å²) in [5, 5.41) is 9.37. The number of likely N-dealkylation sites (tertiary alicyclic amines) is 1. The van der Waals surface area contributed by atoms with Gasteiger partial charge in [0.1, 0.15) is 11.3 Å². The van der Waals surface area contributed by atoms with Crippen molar-refractivity contribution >= 4 is 6.09 Å². The van der Waals surface area contributed by atoms with Gasteiger partial charge in [0.15, 0.2) is 0 Å². The molecule has 1 fully saturated rings. The third-order valence-electron chi connectivity index (χ3n) is 3.31. The van der Waals surface area contributed by atoms with Gasteiger partial charge in [0, 0.05) is 25.3 Å². The van der Waals surface area contributed by atoms with Crippen LogP contribution in [0.15, 0.2) is 6.07 Å².